The number of benzene rings is 1. The van der Waals surface area contributed by atoms with Crippen molar-refractivity contribution >= 4 is 10.9 Å². The molecule has 20 heavy (non-hydrogen) atoms. The Hall–Kier alpha value is -1.45. The van der Waals surface area contributed by atoms with Gasteiger partial charge < -0.3 is 5.73 Å². The second-order valence-corrected chi connectivity index (χ2v) is 5.61. The number of aryl methyl sites for hydroxylation is 1. The predicted molar refractivity (Wildman–Crippen MR) is 85.6 cm³/mol. The summed E-state index contributed by atoms with van der Waals surface area (Å²) >= 11 is 0. The van der Waals surface area contributed by atoms with E-state index in [-0.39, 0.29) is 0 Å². The fourth-order valence-electron chi connectivity index (χ4n) is 2.59. The molecule has 1 unspecified atom stereocenters. The lowest BCUT2D eigenvalue weighted by molar-refractivity contribution is 0.244. The molecular formula is C17H25N3. The Bertz CT molecular complexity index is 565. The molecule has 0 saturated carbocycles. The van der Waals surface area contributed by atoms with Crippen LogP contribution in [0.25, 0.3) is 10.9 Å². The van der Waals surface area contributed by atoms with Crippen molar-refractivity contribution in [2.75, 3.05) is 19.6 Å². The molecule has 3 nitrogen and oxygen atoms in total. The van der Waals surface area contributed by atoms with Gasteiger partial charge in [-0.05, 0) is 43.6 Å². The van der Waals surface area contributed by atoms with Gasteiger partial charge in [0, 0.05) is 24.2 Å². The average molecular weight is 271 g/mol. The molecule has 108 valence electrons. The summed E-state index contributed by atoms with van der Waals surface area (Å²) in [6, 6.07) is 10.6. The molecule has 1 atom stereocenters. The van der Waals surface area contributed by atoms with Gasteiger partial charge in [-0.25, -0.2) is 0 Å². The van der Waals surface area contributed by atoms with E-state index >= 15 is 0 Å². The number of nitrogens with zero attached hydrogens (tertiary/aromatic N) is 2. The Labute approximate surface area is 121 Å². The number of rotatable bonds is 6. The minimum absolute atomic E-state index is 0.532. The first-order chi connectivity index (χ1) is 9.63. The van der Waals surface area contributed by atoms with Gasteiger partial charge in [-0.3, -0.25) is 9.88 Å². The molecule has 0 spiro atoms. The average Bonchev–Trinajstić information content (AvgIpc) is 2.46. The number of hydrogen-bond acceptors (Lipinski definition) is 3. The second-order valence-electron chi connectivity index (χ2n) is 5.61. The van der Waals surface area contributed by atoms with Gasteiger partial charge in [0.1, 0.15) is 0 Å². The van der Waals surface area contributed by atoms with Crippen LogP contribution in [0.5, 0.6) is 0 Å². The first-order valence-electron chi connectivity index (χ1n) is 7.41. The van der Waals surface area contributed by atoms with Gasteiger partial charge in [0.2, 0.25) is 0 Å². The molecule has 0 saturated heterocycles. The highest BCUT2D eigenvalue weighted by molar-refractivity contribution is 5.82. The molecule has 1 heterocycles. The van der Waals surface area contributed by atoms with E-state index in [4.69, 9.17) is 5.73 Å². The van der Waals surface area contributed by atoms with E-state index in [9.17, 15) is 0 Å². The first kappa shape index (κ1) is 14.9. The third-order valence-corrected chi connectivity index (χ3v) is 3.74. The third kappa shape index (κ3) is 3.56. The molecule has 3 heteroatoms. The van der Waals surface area contributed by atoms with Crippen LogP contribution in [0.3, 0.4) is 0 Å². The third-order valence-electron chi connectivity index (χ3n) is 3.74. The highest BCUT2D eigenvalue weighted by Crippen LogP contribution is 2.20. The van der Waals surface area contributed by atoms with E-state index in [1.807, 2.05) is 6.07 Å². The molecule has 0 aliphatic carbocycles. The van der Waals surface area contributed by atoms with Crippen molar-refractivity contribution in [2.45, 2.75) is 27.3 Å². The lowest BCUT2D eigenvalue weighted by atomic mass is 10.1. The van der Waals surface area contributed by atoms with Crippen molar-refractivity contribution in [1.29, 1.82) is 0 Å². The van der Waals surface area contributed by atoms with E-state index in [1.165, 1.54) is 10.9 Å². The largest absolute Gasteiger partial charge is 0.330 e. The quantitative estimate of drug-likeness (QED) is 0.878. The van der Waals surface area contributed by atoms with E-state index in [0.717, 1.165) is 37.4 Å². The molecule has 2 aromatic rings. The van der Waals surface area contributed by atoms with Crippen LogP contribution in [-0.2, 0) is 6.54 Å². The molecule has 0 radical (unpaired) electrons. The Morgan fingerprint density at radius 2 is 2.05 bits per heavy atom. The highest BCUT2D eigenvalue weighted by Gasteiger charge is 2.11. The van der Waals surface area contributed by atoms with Crippen LogP contribution < -0.4 is 5.73 Å². The molecule has 0 bridgehead atoms. The normalized spacial score (nSPS) is 13.1. The van der Waals surface area contributed by atoms with Crippen LogP contribution in [0.1, 0.15) is 25.1 Å². The maximum absolute atomic E-state index is 5.75. The summed E-state index contributed by atoms with van der Waals surface area (Å²) in [5.74, 6) is 0.532. The number of hydrogen-bond donors (Lipinski definition) is 1. The van der Waals surface area contributed by atoms with Crippen LogP contribution >= 0.6 is 0 Å². The molecular weight excluding hydrogens is 246 g/mol. The number of aromatic nitrogens is 1. The van der Waals surface area contributed by atoms with Gasteiger partial charge in [0.05, 0.1) is 5.52 Å². The number of pyridine rings is 1. The Morgan fingerprint density at radius 3 is 2.75 bits per heavy atom. The number of fused-ring (bicyclic) bond motifs is 1. The zero-order valence-corrected chi connectivity index (χ0v) is 12.8. The van der Waals surface area contributed by atoms with Crippen molar-refractivity contribution < 1.29 is 0 Å². The van der Waals surface area contributed by atoms with Gasteiger partial charge in [-0.15, -0.1) is 0 Å². The summed E-state index contributed by atoms with van der Waals surface area (Å²) < 4.78 is 0. The van der Waals surface area contributed by atoms with Crippen LogP contribution in [0.2, 0.25) is 0 Å². The Balaban J connectivity index is 2.27. The molecule has 0 amide bonds. The summed E-state index contributed by atoms with van der Waals surface area (Å²) in [6.45, 7) is 10.3. The number of para-hydroxylation sites is 1. The van der Waals surface area contributed by atoms with E-state index in [1.54, 1.807) is 0 Å². The number of nitrogens with two attached hydrogens (primary N) is 1. The minimum Gasteiger partial charge on any atom is -0.330 e. The molecule has 0 fully saturated rings. The summed E-state index contributed by atoms with van der Waals surface area (Å²) in [7, 11) is 0. The van der Waals surface area contributed by atoms with Crippen molar-refractivity contribution in [3.05, 3.63) is 41.6 Å². The second kappa shape index (κ2) is 6.82. The van der Waals surface area contributed by atoms with Crippen LogP contribution in [0, 0.1) is 12.8 Å². The van der Waals surface area contributed by atoms with Crippen LogP contribution in [0.4, 0.5) is 0 Å². The zero-order chi connectivity index (χ0) is 14.5. The van der Waals surface area contributed by atoms with Crippen molar-refractivity contribution in [3.63, 3.8) is 0 Å². The standard InChI is InChI=1S/C17H25N3/c1-4-20(11-13(2)10-18)12-15-9-14(3)19-17-8-6-5-7-16(15)17/h5-9,13H,4,10-12,18H2,1-3H3. The van der Waals surface area contributed by atoms with Crippen molar-refractivity contribution in [1.82, 2.24) is 9.88 Å². The summed E-state index contributed by atoms with van der Waals surface area (Å²) in [4.78, 5) is 7.07. The van der Waals surface area contributed by atoms with E-state index < -0.39 is 0 Å². The van der Waals surface area contributed by atoms with E-state index in [0.29, 0.717) is 5.92 Å². The maximum atomic E-state index is 5.75. The molecule has 1 aromatic carbocycles. The maximum Gasteiger partial charge on any atom is 0.0708 e. The minimum atomic E-state index is 0.532. The zero-order valence-electron chi connectivity index (χ0n) is 12.8. The monoisotopic (exact) mass is 271 g/mol. The molecule has 0 aliphatic heterocycles. The van der Waals surface area contributed by atoms with Crippen molar-refractivity contribution in [3.8, 4) is 0 Å². The van der Waals surface area contributed by atoms with Gasteiger partial charge in [-0.1, -0.05) is 32.0 Å². The van der Waals surface area contributed by atoms with Crippen LogP contribution in [-0.4, -0.2) is 29.5 Å². The first-order valence-corrected chi connectivity index (χ1v) is 7.41. The van der Waals surface area contributed by atoms with Gasteiger partial charge in [0.15, 0.2) is 0 Å². The molecule has 2 rings (SSSR count). The molecule has 1 aromatic heterocycles. The summed E-state index contributed by atoms with van der Waals surface area (Å²) in [6.07, 6.45) is 0. The highest BCUT2D eigenvalue weighted by atomic mass is 15.1. The smallest absolute Gasteiger partial charge is 0.0708 e. The van der Waals surface area contributed by atoms with Crippen molar-refractivity contribution in [2.24, 2.45) is 11.7 Å². The summed E-state index contributed by atoms with van der Waals surface area (Å²) in [5.41, 5.74) is 9.28. The Morgan fingerprint density at radius 1 is 1.30 bits per heavy atom. The van der Waals surface area contributed by atoms with Crippen LogP contribution in [0.15, 0.2) is 30.3 Å². The van der Waals surface area contributed by atoms with Gasteiger partial charge in [-0.2, -0.15) is 0 Å². The molecule has 0 aliphatic rings. The SMILES string of the molecule is CCN(Cc1cc(C)nc2ccccc12)CC(C)CN. The topological polar surface area (TPSA) is 42.2 Å². The summed E-state index contributed by atoms with van der Waals surface area (Å²) in [5, 5.41) is 1.26. The molecule has 2 N–H and O–H groups in total. The fourth-order valence-corrected chi connectivity index (χ4v) is 2.59. The van der Waals surface area contributed by atoms with Gasteiger partial charge in [0.25, 0.3) is 0 Å². The predicted octanol–water partition coefficient (Wildman–Crippen LogP) is 2.96. The Kier molecular flexibility index (Phi) is 5.10. The lowest BCUT2D eigenvalue weighted by Gasteiger charge is -2.24. The fraction of sp³-hybridized carbons (Fsp3) is 0.471. The lowest BCUT2D eigenvalue weighted by Crippen LogP contribution is -2.31. The van der Waals surface area contributed by atoms with E-state index in [2.05, 4.69) is 54.9 Å². The van der Waals surface area contributed by atoms with Gasteiger partial charge >= 0.3 is 0 Å².